The van der Waals surface area contributed by atoms with Crippen LogP contribution in [0.15, 0.2) is 12.5 Å². The van der Waals surface area contributed by atoms with Crippen LogP contribution in [0.1, 0.15) is 6.92 Å². The van der Waals surface area contributed by atoms with Crippen LogP contribution in [0, 0.1) is 0 Å². The molecule has 12 heavy (non-hydrogen) atoms. The highest BCUT2D eigenvalue weighted by molar-refractivity contribution is 5.83. The van der Waals surface area contributed by atoms with E-state index in [1.54, 1.807) is 12.5 Å². The van der Waals surface area contributed by atoms with Crippen LogP contribution >= 0.6 is 0 Å². The monoisotopic (exact) mass is 163 g/mol. The van der Waals surface area contributed by atoms with Gasteiger partial charge in [0.25, 0.3) is 0 Å². The SMILES string of the molecule is CCn1cnc2c(N)nncc21. The van der Waals surface area contributed by atoms with Crippen molar-refractivity contribution in [1.29, 1.82) is 0 Å². The van der Waals surface area contributed by atoms with E-state index in [1.165, 1.54) is 0 Å². The van der Waals surface area contributed by atoms with Gasteiger partial charge in [-0.25, -0.2) is 4.98 Å². The molecule has 0 unspecified atom stereocenters. The molecule has 0 aliphatic heterocycles. The molecule has 0 atom stereocenters. The van der Waals surface area contributed by atoms with Crippen LogP contribution in [-0.4, -0.2) is 19.7 Å². The molecule has 2 N–H and O–H groups in total. The maximum atomic E-state index is 5.57. The van der Waals surface area contributed by atoms with Crippen molar-refractivity contribution in [3.8, 4) is 0 Å². The highest BCUT2D eigenvalue weighted by Crippen LogP contribution is 2.14. The minimum atomic E-state index is 0.389. The Morgan fingerprint density at radius 2 is 2.42 bits per heavy atom. The number of aryl methyl sites for hydroxylation is 1. The van der Waals surface area contributed by atoms with Crippen molar-refractivity contribution in [2.45, 2.75) is 13.5 Å². The van der Waals surface area contributed by atoms with Crippen molar-refractivity contribution < 1.29 is 0 Å². The number of imidazole rings is 1. The smallest absolute Gasteiger partial charge is 0.174 e. The molecule has 0 aliphatic carbocycles. The number of fused-ring (bicyclic) bond motifs is 1. The number of rotatable bonds is 1. The highest BCUT2D eigenvalue weighted by atomic mass is 15.2. The van der Waals surface area contributed by atoms with E-state index >= 15 is 0 Å². The van der Waals surface area contributed by atoms with Crippen LogP contribution in [0.25, 0.3) is 11.0 Å². The summed E-state index contributed by atoms with van der Waals surface area (Å²) in [5, 5.41) is 7.46. The number of nitrogen functional groups attached to an aromatic ring is 1. The van der Waals surface area contributed by atoms with Gasteiger partial charge in [0.05, 0.1) is 18.0 Å². The lowest BCUT2D eigenvalue weighted by molar-refractivity contribution is 0.784. The van der Waals surface area contributed by atoms with Gasteiger partial charge in [0.2, 0.25) is 0 Å². The van der Waals surface area contributed by atoms with Crippen molar-refractivity contribution in [2.75, 3.05) is 5.73 Å². The summed E-state index contributed by atoms with van der Waals surface area (Å²) in [7, 11) is 0. The Morgan fingerprint density at radius 1 is 1.58 bits per heavy atom. The quantitative estimate of drug-likeness (QED) is 0.661. The van der Waals surface area contributed by atoms with Gasteiger partial charge in [-0.3, -0.25) is 0 Å². The fourth-order valence-electron chi connectivity index (χ4n) is 1.17. The molecule has 62 valence electrons. The predicted octanol–water partition coefficient (Wildman–Crippen LogP) is 0.428. The van der Waals surface area contributed by atoms with Gasteiger partial charge in [0.15, 0.2) is 5.82 Å². The lowest BCUT2D eigenvalue weighted by atomic mass is 10.4. The molecule has 2 aromatic heterocycles. The zero-order chi connectivity index (χ0) is 8.55. The van der Waals surface area contributed by atoms with Crippen LogP contribution in [0.4, 0.5) is 5.82 Å². The Balaban J connectivity index is 2.80. The molecule has 0 bridgehead atoms. The molecule has 0 radical (unpaired) electrons. The maximum absolute atomic E-state index is 5.57. The zero-order valence-electron chi connectivity index (χ0n) is 6.73. The Bertz CT molecular complexity index is 405. The van der Waals surface area contributed by atoms with Crippen LogP contribution in [0.2, 0.25) is 0 Å². The molecule has 0 saturated heterocycles. The second-order valence-corrected chi connectivity index (χ2v) is 2.49. The van der Waals surface area contributed by atoms with E-state index in [9.17, 15) is 0 Å². The van der Waals surface area contributed by atoms with Crippen molar-refractivity contribution in [3.63, 3.8) is 0 Å². The van der Waals surface area contributed by atoms with Crippen LogP contribution in [0.5, 0.6) is 0 Å². The van der Waals surface area contributed by atoms with Gasteiger partial charge < -0.3 is 10.3 Å². The summed E-state index contributed by atoms with van der Waals surface area (Å²) >= 11 is 0. The third-order valence-corrected chi connectivity index (χ3v) is 1.81. The molecule has 0 saturated carbocycles. The molecular weight excluding hydrogens is 154 g/mol. The first kappa shape index (κ1) is 7.02. The van der Waals surface area contributed by atoms with Gasteiger partial charge in [-0.1, -0.05) is 0 Å². The number of nitrogens with zero attached hydrogens (tertiary/aromatic N) is 4. The first-order valence-corrected chi connectivity index (χ1v) is 3.75. The highest BCUT2D eigenvalue weighted by Gasteiger charge is 2.04. The van der Waals surface area contributed by atoms with E-state index in [-0.39, 0.29) is 0 Å². The lowest BCUT2D eigenvalue weighted by Gasteiger charge is -1.96. The van der Waals surface area contributed by atoms with Gasteiger partial charge in [-0.15, -0.1) is 5.10 Å². The second-order valence-electron chi connectivity index (χ2n) is 2.49. The first-order chi connectivity index (χ1) is 5.83. The summed E-state index contributed by atoms with van der Waals surface area (Å²) < 4.78 is 1.97. The van der Waals surface area contributed by atoms with E-state index in [0.717, 1.165) is 17.6 Å². The fraction of sp³-hybridized carbons (Fsp3) is 0.286. The van der Waals surface area contributed by atoms with Crippen molar-refractivity contribution in [3.05, 3.63) is 12.5 Å². The van der Waals surface area contributed by atoms with Crippen LogP contribution in [-0.2, 0) is 6.54 Å². The van der Waals surface area contributed by atoms with Gasteiger partial charge in [-0.2, -0.15) is 5.10 Å². The second kappa shape index (κ2) is 2.44. The number of hydrogen-bond acceptors (Lipinski definition) is 4. The molecule has 5 heteroatoms. The molecule has 0 aromatic carbocycles. The Kier molecular flexibility index (Phi) is 1.43. The van der Waals surface area contributed by atoms with E-state index < -0.39 is 0 Å². The van der Waals surface area contributed by atoms with Gasteiger partial charge >= 0.3 is 0 Å². The van der Waals surface area contributed by atoms with E-state index in [1.807, 2.05) is 11.5 Å². The van der Waals surface area contributed by atoms with E-state index in [4.69, 9.17) is 5.73 Å². The number of nitrogens with two attached hydrogens (primary N) is 1. The fourth-order valence-corrected chi connectivity index (χ4v) is 1.17. The molecule has 0 aliphatic rings. The predicted molar refractivity (Wildman–Crippen MR) is 45.4 cm³/mol. The van der Waals surface area contributed by atoms with Crippen molar-refractivity contribution in [2.24, 2.45) is 0 Å². The molecule has 5 nitrogen and oxygen atoms in total. The summed E-state index contributed by atoms with van der Waals surface area (Å²) in [5.41, 5.74) is 7.24. The van der Waals surface area contributed by atoms with E-state index in [2.05, 4.69) is 15.2 Å². The molecule has 0 fully saturated rings. The minimum absolute atomic E-state index is 0.389. The van der Waals surface area contributed by atoms with Gasteiger partial charge in [-0.05, 0) is 6.92 Å². The Morgan fingerprint density at radius 3 is 3.17 bits per heavy atom. The maximum Gasteiger partial charge on any atom is 0.174 e. The average Bonchev–Trinajstić information content (AvgIpc) is 2.49. The molecule has 0 spiro atoms. The molecule has 2 rings (SSSR count). The lowest BCUT2D eigenvalue weighted by Crippen LogP contribution is -1.96. The number of anilines is 1. The summed E-state index contributed by atoms with van der Waals surface area (Å²) in [6, 6.07) is 0. The summed E-state index contributed by atoms with van der Waals surface area (Å²) in [5.74, 6) is 0.389. The largest absolute Gasteiger partial charge is 0.380 e. The molecule has 2 heterocycles. The zero-order valence-corrected chi connectivity index (χ0v) is 6.73. The van der Waals surface area contributed by atoms with Crippen LogP contribution < -0.4 is 5.73 Å². The third-order valence-electron chi connectivity index (χ3n) is 1.81. The van der Waals surface area contributed by atoms with Crippen molar-refractivity contribution >= 4 is 16.9 Å². The number of aromatic nitrogens is 4. The third kappa shape index (κ3) is 0.827. The van der Waals surface area contributed by atoms with Crippen molar-refractivity contribution in [1.82, 2.24) is 19.7 Å². The topological polar surface area (TPSA) is 69.6 Å². The number of hydrogen-bond donors (Lipinski definition) is 1. The summed E-state index contributed by atoms with van der Waals surface area (Å²) in [6.07, 6.45) is 3.41. The molecular formula is C7H9N5. The van der Waals surface area contributed by atoms with E-state index in [0.29, 0.717) is 5.82 Å². The van der Waals surface area contributed by atoms with Gasteiger partial charge in [0.1, 0.15) is 5.52 Å². The standard InChI is InChI=1S/C7H9N5/c1-2-12-4-9-6-5(12)3-10-11-7(6)8/h3-4H,2H2,1H3,(H2,8,11). The summed E-state index contributed by atoms with van der Waals surface area (Å²) in [6.45, 7) is 2.90. The van der Waals surface area contributed by atoms with Gasteiger partial charge in [0, 0.05) is 6.54 Å². The average molecular weight is 163 g/mol. The minimum Gasteiger partial charge on any atom is -0.380 e. The Hall–Kier alpha value is -1.65. The first-order valence-electron chi connectivity index (χ1n) is 3.75. The normalized spacial score (nSPS) is 10.8. The Labute approximate surface area is 69.2 Å². The van der Waals surface area contributed by atoms with Crippen LogP contribution in [0.3, 0.4) is 0 Å². The molecule has 2 aromatic rings. The molecule has 0 amide bonds. The summed E-state index contributed by atoms with van der Waals surface area (Å²) in [4.78, 5) is 4.12.